The van der Waals surface area contributed by atoms with Crippen molar-refractivity contribution in [3.05, 3.63) is 88.5 Å². The van der Waals surface area contributed by atoms with E-state index in [2.05, 4.69) is 15.6 Å². The number of pyridine rings is 1. The van der Waals surface area contributed by atoms with Crippen LogP contribution < -0.4 is 10.6 Å². The van der Waals surface area contributed by atoms with Crippen molar-refractivity contribution >= 4 is 28.9 Å². The second-order valence-electron chi connectivity index (χ2n) is 5.79. The Hall–Kier alpha value is -2.92. The topological polar surface area (TPSA) is 54.0 Å². The van der Waals surface area contributed by atoms with Gasteiger partial charge in [0.2, 0.25) is 0 Å². The van der Waals surface area contributed by atoms with E-state index in [1.54, 1.807) is 30.3 Å². The van der Waals surface area contributed by atoms with E-state index < -0.39 is 0 Å². The summed E-state index contributed by atoms with van der Waals surface area (Å²) in [6.45, 7) is 2.02. The van der Waals surface area contributed by atoms with Gasteiger partial charge >= 0.3 is 0 Å². The predicted molar refractivity (Wildman–Crippen MR) is 101 cm³/mol. The highest BCUT2D eigenvalue weighted by molar-refractivity contribution is 6.31. The van der Waals surface area contributed by atoms with Crippen LogP contribution in [0.15, 0.2) is 60.8 Å². The van der Waals surface area contributed by atoms with Gasteiger partial charge in [-0.15, -0.1) is 0 Å². The number of carbonyl (C=O) groups excluding carboxylic acids is 1. The largest absolute Gasteiger partial charge is 0.355 e. The molecule has 3 rings (SSSR count). The van der Waals surface area contributed by atoms with Gasteiger partial charge in [0, 0.05) is 34.7 Å². The molecule has 0 aliphatic carbocycles. The SMILES string of the molecule is Cc1ccc(Nc2ccnc(C(=O)NCc3ccccc3F)c2)cc1Cl. The van der Waals surface area contributed by atoms with E-state index in [1.807, 2.05) is 25.1 Å². The molecule has 0 radical (unpaired) electrons. The molecule has 4 nitrogen and oxygen atoms in total. The Balaban J connectivity index is 1.69. The third-order valence-corrected chi connectivity index (χ3v) is 4.26. The maximum atomic E-state index is 13.6. The number of hydrogen-bond acceptors (Lipinski definition) is 3. The van der Waals surface area contributed by atoms with Crippen LogP contribution in [0.3, 0.4) is 0 Å². The Morgan fingerprint density at radius 1 is 1.12 bits per heavy atom. The smallest absolute Gasteiger partial charge is 0.270 e. The normalized spacial score (nSPS) is 10.4. The van der Waals surface area contributed by atoms with Crippen LogP contribution in [0.2, 0.25) is 5.02 Å². The zero-order chi connectivity index (χ0) is 18.5. The van der Waals surface area contributed by atoms with Gasteiger partial charge in [0.25, 0.3) is 5.91 Å². The van der Waals surface area contributed by atoms with Crippen LogP contribution in [0.25, 0.3) is 0 Å². The van der Waals surface area contributed by atoms with Crippen molar-refractivity contribution in [2.24, 2.45) is 0 Å². The second kappa shape index (κ2) is 7.97. The summed E-state index contributed by atoms with van der Waals surface area (Å²) in [5.41, 5.74) is 3.16. The summed E-state index contributed by atoms with van der Waals surface area (Å²) in [6, 6.07) is 15.3. The number of amides is 1. The number of hydrogen-bond donors (Lipinski definition) is 2. The lowest BCUT2D eigenvalue weighted by Crippen LogP contribution is -2.24. The molecule has 1 heterocycles. The Morgan fingerprint density at radius 2 is 1.88 bits per heavy atom. The van der Waals surface area contributed by atoms with Crippen molar-refractivity contribution in [3.63, 3.8) is 0 Å². The molecule has 6 heteroatoms. The molecule has 2 aromatic carbocycles. The number of aromatic nitrogens is 1. The summed E-state index contributed by atoms with van der Waals surface area (Å²) in [7, 11) is 0. The maximum Gasteiger partial charge on any atom is 0.270 e. The summed E-state index contributed by atoms with van der Waals surface area (Å²) in [4.78, 5) is 16.4. The molecule has 0 saturated carbocycles. The molecule has 0 unspecified atom stereocenters. The highest BCUT2D eigenvalue weighted by Crippen LogP contribution is 2.23. The van der Waals surface area contributed by atoms with Gasteiger partial charge in [-0.2, -0.15) is 0 Å². The molecular weight excluding hydrogens is 353 g/mol. The van der Waals surface area contributed by atoms with E-state index in [-0.39, 0.29) is 24.0 Å². The minimum Gasteiger partial charge on any atom is -0.355 e. The molecule has 132 valence electrons. The van der Waals surface area contributed by atoms with E-state index >= 15 is 0 Å². The summed E-state index contributed by atoms with van der Waals surface area (Å²) in [5, 5.41) is 6.52. The molecule has 3 aromatic rings. The molecular formula is C20H17ClFN3O. The maximum absolute atomic E-state index is 13.6. The van der Waals surface area contributed by atoms with E-state index in [9.17, 15) is 9.18 Å². The van der Waals surface area contributed by atoms with Crippen LogP contribution in [0.1, 0.15) is 21.6 Å². The van der Waals surface area contributed by atoms with Gasteiger partial charge in [0.1, 0.15) is 11.5 Å². The summed E-state index contributed by atoms with van der Waals surface area (Å²) < 4.78 is 13.6. The van der Waals surface area contributed by atoms with Crippen molar-refractivity contribution in [1.82, 2.24) is 10.3 Å². The molecule has 0 aliphatic heterocycles. The van der Waals surface area contributed by atoms with E-state index in [0.29, 0.717) is 16.3 Å². The summed E-state index contributed by atoms with van der Waals surface area (Å²) in [5.74, 6) is -0.730. The van der Waals surface area contributed by atoms with Crippen LogP contribution in [0, 0.1) is 12.7 Å². The van der Waals surface area contributed by atoms with Gasteiger partial charge in [-0.05, 0) is 42.8 Å². The first-order valence-electron chi connectivity index (χ1n) is 8.04. The number of anilines is 2. The average molecular weight is 370 g/mol. The molecule has 1 aromatic heterocycles. The van der Waals surface area contributed by atoms with Crippen molar-refractivity contribution in [3.8, 4) is 0 Å². The number of carbonyl (C=O) groups is 1. The molecule has 2 N–H and O–H groups in total. The van der Waals surface area contributed by atoms with E-state index in [0.717, 1.165) is 11.3 Å². The minimum absolute atomic E-state index is 0.0956. The summed E-state index contributed by atoms with van der Waals surface area (Å²) in [6.07, 6.45) is 1.54. The third-order valence-electron chi connectivity index (χ3n) is 3.85. The minimum atomic E-state index is -0.376. The number of rotatable bonds is 5. The fourth-order valence-electron chi connectivity index (χ4n) is 2.38. The third kappa shape index (κ3) is 4.37. The molecule has 1 amide bonds. The molecule has 26 heavy (non-hydrogen) atoms. The number of benzene rings is 2. The van der Waals surface area contributed by atoms with Gasteiger partial charge in [-0.25, -0.2) is 4.39 Å². The van der Waals surface area contributed by atoms with Crippen LogP contribution in [0.5, 0.6) is 0 Å². The van der Waals surface area contributed by atoms with Crippen molar-refractivity contribution in [1.29, 1.82) is 0 Å². The number of halogens is 2. The van der Waals surface area contributed by atoms with E-state index in [4.69, 9.17) is 11.6 Å². The van der Waals surface area contributed by atoms with Crippen molar-refractivity contribution < 1.29 is 9.18 Å². The highest BCUT2D eigenvalue weighted by Gasteiger charge is 2.09. The van der Waals surface area contributed by atoms with Gasteiger partial charge in [0.15, 0.2) is 0 Å². The Kier molecular flexibility index (Phi) is 5.49. The monoisotopic (exact) mass is 369 g/mol. The second-order valence-corrected chi connectivity index (χ2v) is 6.20. The predicted octanol–water partition coefficient (Wildman–Crippen LogP) is 4.86. The van der Waals surface area contributed by atoms with E-state index in [1.165, 1.54) is 12.3 Å². The van der Waals surface area contributed by atoms with Crippen LogP contribution >= 0.6 is 11.6 Å². The van der Waals surface area contributed by atoms with Gasteiger partial charge in [0.05, 0.1) is 0 Å². The highest BCUT2D eigenvalue weighted by atomic mass is 35.5. The Morgan fingerprint density at radius 3 is 2.65 bits per heavy atom. The first-order chi connectivity index (χ1) is 12.5. The molecule has 0 spiro atoms. The number of aryl methyl sites for hydroxylation is 1. The Labute approximate surface area is 156 Å². The van der Waals surface area contributed by atoms with Gasteiger partial charge < -0.3 is 10.6 Å². The van der Waals surface area contributed by atoms with Crippen molar-refractivity contribution in [2.45, 2.75) is 13.5 Å². The quantitative estimate of drug-likeness (QED) is 0.675. The van der Waals surface area contributed by atoms with Crippen LogP contribution in [0.4, 0.5) is 15.8 Å². The summed E-state index contributed by atoms with van der Waals surface area (Å²) >= 11 is 6.13. The van der Waals surface area contributed by atoms with Gasteiger partial charge in [-0.1, -0.05) is 35.9 Å². The van der Waals surface area contributed by atoms with Crippen LogP contribution in [-0.2, 0) is 6.54 Å². The van der Waals surface area contributed by atoms with Crippen LogP contribution in [-0.4, -0.2) is 10.9 Å². The first kappa shape index (κ1) is 17.9. The first-order valence-corrected chi connectivity index (χ1v) is 8.41. The lowest BCUT2D eigenvalue weighted by Gasteiger charge is -2.10. The Bertz CT molecular complexity index is 946. The standard InChI is InChI=1S/C20H17ClFN3O/c1-13-6-7-15(10-17(13)21)25-16-8-9-23-19(11-16)20(26)24-12-14-4-2-3-5-18(14)22/h2-11H,12H2,1H3,(H,23,25)(H,24,26). The van der Waals surface area contributed by atoms with Gasteiger partial charge in [-0.3, -0.25) is 9.78 Å². The molecule has 0 aliphatic rings. The molecule has 0 saturated heterocycles. The lowest BCUT2D eigenvalue weighted by molar-refractivity contribution is 0.0945. The van der Waals surface area contributed by atoms with Crippen molar-refractivity contribution in [2.75, 3.05) is 5.32 Å². The molecule has 0 atom stereocenters. The molecule has 0 fully saturated rings. The zero-order valence-electron chi connectivity index (χ0n) is 14.1. The lowest BCUT2D eigenvalue weighted by atomic mass is 10.2. The number of nitrogens with zero attached hydrogens (tertiary/aromatic N) is 1. The molecule has 0 bridgehead atoms. The fraction of sp³-hybridized carbons (Fsp3) is 0.100. The average Bonchev–Trinajstić information content (AvgIpc) is 2.64. The zero-order valence-corrected chi connectivity index (χ0v) is 14.8. The number of nitrogens with one attached hydrogen (secondary N) is 2. The fourth-order valence-corrected chi connectivity index (χ4v) is 2.56.